The number of nitrogens with one attached hydrogen (secondary N) is 5. The van der Waals surface area contributed by atoms with Crippen LogP contribution in [0.2, 0.25) is 0 Å². The van der Waals surface area contributed by atoms with Crippen LogP contribution < -0.4 is 26.6 Å². The Kier molecular flexibility index (Phi) is 11.6. The summed E-state index contributed by atoms with van der Waals surface area (Å²) in [5.41, 5.74) is 7.79. The fourth-order valence-corrected chi connectivity index (χ4v) is 5.26. The summed E-state index contributed by atoms with van der Waals surface area (Å²) in [6, 6.07) is 23.3. The topological polar surface area (TPSA) is 166 Å². The Morgan fingerprint density at radius 1 is 0.792 bits per heavy atom. The van der Waals surface area contributed by atoms with Crippen LogP contribution in [0.25, 0.3) is 22.6 Å². The van der Waals surface area contributed by atoms with Crippen LogP contribution in [0.5, 0.6) is 0 Å². The maximum atomic E-state index is 13.4. The molecule has 5 rings (SSSR count). The first kappa shape index (κ1) is 33.9. The van der Waals surface area contributed by atoms with Crippen molar-refractivity contribution < 1.29 is 19.1 Å². The molecule has 248 valence electrons. The van der Waals surface area contributed by atoms with Crippen molar-refractivity contribution in [1.82, 2.24) is 31.1 Å². The van der Waals surface area contributed by atoms with Crippen LogP contribution in [0.4, 0.5) is 17.5 Å². The van der Waals surface area contributed by atoms with Gasteiger partial charge in [0.1, 0.15) is 5.82 Å². The summed E-state index contributed by atoms with van der Waals surface area (Å²) >= 11 is 0. The number of amides is 2. The highest BCUT2D eigenvalue weighted by molar-refractivity contribution is 6.06. The van der Waals surface area contributed by atoms with Crippen molar-refractivity contribution in [3.8, 4) is 22.6 Å². The first-order valence-electron chi connectivity index (χ1n) is 15.7. The minimum absolute atomic E-state index is 0.0578. The minimum atomic E-state index is -0.252. The molecule has 0 unspecified atom stereocenters. The molecule has 12 heteroatoms. The Morgan fingerprint density at radius 2 is 1.52 bits per heavy atom. The van der Waals surface area contributed by atoms with E-state index in [1.807, 2.05) is 74.5 Å². The molecule has 0 radical (unpaired) electrons. The van der Waals surface area contributed by atoms with Crippen LogP contribution >= 0.6 is 0 Å². The van der Waals surface area contributed by atoms with E-state index in [9.17, 15) is 9.59 Å². The molecule has 5 aromatic rings. The van der Waals surface area contributed by atoms with Crippen LogP contribution in [-0.4, -0.2) is 58.3 Å². The number of rotatable bonds is 15. The summed E-state index contributed by atoms with van der Waals surface area (Å²) in [6.45, 7) is 8.45. The first-order chi connectivity index (χ1) is 23.3. The predicted molar refractivity (Wildman–Crippen MR) is 186 cm³/mol. The number of pyridine rings is 1. The molecule has 2 aromatic heterocycles. The maximum absolute atomic E-state index is 13.4. The fourth-order valence-electron chi connectivity index (χ4n) is 5.26. The molecule has 0 saturated heterocycles. The number of nitrogens with zero attached hydrogens (tertiary/aromatic N) is 3. The molecule has 0 bridgehead atoms. The van der Waals surface area contributed by atoms with Crippen LogP contribution in [-0.2, 0) is 17.9 Å². The maximum Gasteiger partial charge on any atom is 0.320 e. The van der Waals surface area contributed by atoms with Crippen LogP contribution in [0.1, 0.15) is 39.5 Å². The smallest absolute Gasteiger partial charge is 0.320 e. The normalized spacial score (nSPS) is 10.9. The van der Waals surface area contributed by atoms with Gasteiger partial charge in [0, 0.05) is 62.7 Å². The van der Waals surface area contributed by atoms with Gasteiger partial charge in [0.05, 0.1) is 6.61 Å². The molecular weight excluding hydrogens is 608 g/mol. The Bertz CT molecular complexity index is 1860. The van der Waals surface area contributed by atoms with E-state index >= 15 is 0 Å². The molecule has 0 aliphatic carbocycles. The second-order valence-corrected chi connectivity index (χ2v) is 11.3. The van der Waals surface area contributed by atoms with Crippen molar-refractivity contribution in [3.05, 3.63) is 107 Å². The lowest BCUT2D eigenvalue weighted by Crippen LogP contribution is -2.29. The average Bonchev–Trinajstić information content (AvgIpc) is 3.54. The molecule has 0 saturated carbocycles. The van der Waals surface area contributed by atoms with E-state index in [0.717, 1.165) is 44.6 Å². The molecule has 3 aromatic carbocycles. The quantitative estimate of drug-likeness (QED) is 0.0875. The third-order valence-electron chi connectivity index (χ3n) is 7.72. The van der Waals surface area contributed by atoms with Crippen LogP contribution in [0.3, 0.4) is 0 Å². The molecule has 0 spiro atoms. The highest BCUT2D eigenvalue weighted by Gasteiger charge is 2.18. The van der Waals surface area contributed by atoms with Gasteiger partial charge in [-0.1, -0.05) is 47.6 Å². The molecule has 12 nitrogen and oxygen atoms in total. The number of aliphatic hydroxyl groups excluding tert-OH is 1. The van der Waals surface area contributed by atoms with E-state index in [2.05, 4.69) is 41.8 Å². The number of aliphatic hydroxyl groups is 1. The van der Waals surface area contributed by atoms with Gasteiger partial charge in [0.15, 0.2) is 0 Å². The van der Waals surface area contributed by atoms with E-state index in [1.54, 1.807) is 18.3 Å². The number of hydrogen-bond acceptors (Lipinski definition) is 10. The third kappa shape index (κ3) is 8.88. The standard InChI is InChI=1S/C36H40N8O4/c1-23-29(9-5-11-31(23)34(47)42-33-14-13-27(22-40-33)21-37-15-16-39-25(3)46)30-10-6-12-32(24(30)2)35-43-44-36(48-35)41-28-8-4-7-26(19-28)20-38-17-18-45/h4-14,19,22,37-38,45H,15-18,20-21H2,1-3H3,(H,39,46)(H,41,44)(H,40,42,47). The second kappa shape index (κ2) is 16.4. The summed E-state index contributed by atoms with van der Waals surface area (Å²) in [5, 5.41) is 32.8. The van der Waals surface area contributed by atoms with Crippen molar-refractivity contribution in [1.29, 1.82) is 0 Å². The van der Waals surface area contributed by atoms with Gasteiger partial charge in [0.25, 0.3) is 5.91 Å². The Morgan fingerprint density at radius 3 is 2.29 bits per heavy atom. The van der Waals surface area contributed by atoms with Crippen LogP contribution in [0, 0.1) is 13.8 Å². The van der Waals surface area contributed by atoms with E-state index in [-0.39, 0.29) is 24.4 Å². The van der Waals surface area contributed by atoms with Gasteiger partial charge in [-0.25, -0.2) is 4.98 Å². The Balaban J connectivity index is 1.26. The van der Waals surface area contributed by atoms with Gasteiger partial charge in [-0.3, -0.25) is 9.59 Å². The first-order valence-corrected chi connectivity index (χ1v) is 15.7. The molecule has 2 amide bonds. The van der Waals surface area contributed by atoms with Crippen LogP contribution in [0.15, 0.2) is 83.4 Å². The summed E-state index contributed by atoms with van der Waals surface area (Å²) in [5.74, 6) is 0.521. The zero-order valence-corrected chi connectivity index (χ0v) is 27.3. The molecule has 48 heavy (non-hydrogen) atoms. The van der Waals surface area contributed by atoms with Crippen molar-refractivity contribution in [2.75, 3.05) is 36.9 Å². The van der Waals surface area contributed by atoms with Gasteiger partial charge >= 0.3 is 6.01 Å². The van der Waals surface area contributed by atoms with E-state index in [0.29, 0.717) is 50.0 Å². The fraction of sp³-hybridized carbons (Fsp3) is 0.250. The molecule has 0 atom stereocenters. The van der Waals surface area contributed by atoms with Gasteiger partial charge in [-0.05, 0) is 77.6 Å². The van der Waals surface area contributed by atoms with Crippen molar-refractivity contribution in [3.63, 3.8) is 0 Å². The van der Waals surface area contributed by atoms with Gasteiger partial charge in [0.2, 0.25) is 11.8 Å². The number of benzene rings is 3. The Labute approximate surface area is 279 Å². The molecule has 2 heterocycles. The SMILES string of the molecule is CC(=O)NCCNCc1ccc(NC(=O)c2cccc(-c3cccc(-c4nnc(Nc5cccc(CNCCO)c5)o4)c3C)c2C)nc1. The summed E-state index contributed by atoms with van der Waals surface area (Å²) < 4.78 is 6.02. The lowest BCUT2D eigenvalue weighted by Gasteiger charge is -2.15. The third-order valence-corrected chi connectivity index (χ3v) is 7.72. The van der Waals surface area contributed by atoms with Crippen molar-refractivity contribution in [2.24, 2.45) is 0 Å². The lowest BCUT2D eigenvalue weighted by molar-refractivity contribution is -0.118. The molecule has 6 N–H and O–H groups in total. The molecule has 0 aliphatic heterocycles. The van der Waals surface area contributed by atoms with Gasteiger partial charge in [-0.2, -0.15) is 0 Å². The number of anilines is 3. The van der Waals surface area contributed by atoms with Gasteiger partial charge in [-0.15, -0.1) is 5.10 Å². The molecule has 0 aliphatic rings. The second-order valence-electron chi connectivity index (χ2n) is 11.3. The zero-order chi connectivity index (χ0) is 33.9. The number of hydrogen-bond donors (Lipinski definition) is 6. The molecule has 0 fully saturated rings. The number of carbonyl (C=O) groups is 2. The monoisotopic (exact) mass is 648 g/mol. The number of carbonyl (C=O) groups excluding carboxylic acids is 2. The number of aromatic nitrogens is 3. The van der Waals surface area contributed by atoms with Crippen molar-refractivity contribution >= 4 is 29.3 Å². The predicted octanol–water partition coefficient (Wildman–Crippen LogP) is 4.72. The van der Waals surface area contributed by atoms with Gasteiger partial charge < -0.3 is 36.1 Å². The summed E-state index contributed by atoms with van der Waals surface area (Å²) in [4.78, 5) is 28.8. The largest absolute Gasteiger partial charge is 0.403 e. The van der Waals surface area contributed by atoms with E-state index in [4.69, 9.17) is 9.52 Å². The summed E-state index contributed by atoms with van der Waals surface area (Å²) in [7, 11) is 0. The van der Waals surface area contributed by atoms with Crippen molar-refractivity contribution in [2.45, 2.75) is 33.9 Å². The molecular formula is C36H40N8O4. The summed E-state index contributed by atoms with van der Waals surface area (Å²) in [6.07, 6.45) is 1.72. The average molecular weight is 649 g/mol. The Hall–Kier alpha value is -5.43. The highest BCUT2D eigenvalue weighted by atomic mass is 16.4. The highest BCUT2D eigenvalue weighted by Crippen LogP contribution is 2.34. The lowest BCUT2D eigenvalue weighted by atomic mass is 9.91. The zero-order valence-electron chi connectivity index (χ0n) is 27.3. The minimum Gasteiger partial charge on any atom is -0.403 e. The van der Waals surface area contributed by atoms with E-state index < -0.39 is 0 Å². The van der Waals surface area contributed by atoms with E-state index in [1.165, 1.54) is 6.92 Å².